The van der Waals surface area contributed by atoms with Crippen LogP contribution in [0.5, 0.6) is 11.5 Å². The molecule has 0 spiro atoms. The lowest BCUT2D eigenvalue weighted by Crippen LogP contribution is -2.41. The van der Waals surface area contributed by atoms with E-state index in [1.165, 1.54) is 14.2 Å². The molecule has 152 valence electrons. The standard InChI is InChI=1S/C22H24N2O5/c1-5-14-6-8-15(9-7-14)17(25)13-24-20(26)22(2,23-21(24)27)16-10-11-18(28-3)19(12-16)29-4/h6-12H,5,13H2,1-4H3,(H,23,27)/t22-/m1/s1. The highest BCUT2D eigenvalue weighted by Crippen LogP contribution is 2.35. The Morgan fingerprint density at radius 1 is 1.03 bits per heavy atom. The normalized spacial score (nSPS) is 18.6. The number of ether oxygens (including phenoxy) is 2. The maximum Gasteiger partial charge on any atom is 0.325 e. The second-order valence-electron chi connectivity index (χ2n) is 6.99. The number of carbonyl (C=O) groups excluding carboxylic acids is 3. The molecular formula is C22H24N2O5. The number of imide groups is 1. The molecule has 0 aromatic heterocycles. The zero-order chi connectivity index (χ0) is 21.2. The number of ketones is 1. The van der Waals surface area contributed by atoms with E-state index < -0.39 is 17.5 Å². The van der Waals surface area contributed by atoms with Gasteiger partial charge in [0.25, 0.3) is 5.91 Å². The summed E-state index contributed by atoms with van der Waals surface area (Å²) in [5.74, 6) is 0.166. The van der Waals surface area contributed by atoms with Gasteiger partial charge in [0.2, 0.25) is 0 Å². The van der Waals surface area contributed by atoms with Crippen molar-refractivity contribution in [3.63, 3.8) is 0 Å². The van der Waals surface area contributed by atoms with E-state index >= 15 is 0 Å². The van der Waals surface area contributed by atoms with Gasteiger partial charge in [0.1, 0.15) is 5.54 Å². The van der Waals surface area contributed by atoms with Crippen LogP contribution >= 0.6 is 0 Å². The van der Waals surface area contributed by atoms with Crippen molar-refractivity contribution in [1.82, 2.24) is 10.2 Å². The number of nitrogens with one attached hydrogen (secondary N) is 1. The lowest BCUT2D eigenvalue weighted by atomic mass is 9.91. The molecule has 0 unspecified atom stereocenters. The highest BCUT2D eigenvalue weighted by Gasteiger charge is 2.49. The molecule has 7 heteroatoms. The summed E-state index contributed by atoms with van der Waals surface area (Å²) in [6, 6.07) is 11.6. The van der Waals surface area contributed by atoms with E-state index in [0.29, 0.717) is 22.6 Å². The maximum atomic E-state index is 13.1. The van der Waals surface area contributed by atoms with Crippen molar-refractivity contribution < 1.29 is 23.9 Å². The van der Waals surface area contributed by atoms with E-state index in [4.69, 9.17) is 9.47 Å². The topological polar surface area (TPSA) is 84.9 Å². The fourth-order valence-corrected chi connectivity index (χ4v) is 3.34. The summed E-state index contributed by atoms with van der Waals surface area (Å²) in [6.45, 7) is 3.31. The highest BCUT2D eigenvalue weighted by atomic mass is 16.5. The minimum absolute atomic E-state index is 0.298. The van der Waals surface area contributed by atoms with Gasteiger partial charge in [0, 0.05) is 5.56 Å². The van der Waals surface area contributed by atoms with Gasteiger partial charge in [0.15, 0.2) is 17.3 Å². The van der Waals surface area contributed by atoms with Crippen LogP contribution in [0.15, 0.2) is 42.5 Å². The van der Waals surface area contributed by atoms with Crippen LogP contribution in [0.2, 0.25) is 0 Å². The van der Waals surface area contributed by atoms with E-state index in [2.05, 4.69) is 5.32 Å². The first-order chi connectivity index (χ1) is 13.8. The molecule has 0 bridgehead atoms. The number of hydrogen-bond acceptors (Lipinski definition) is 5. The molecule has 1 aliphatic rings. The number of nitrogens with zero attached hydrogens (tertiary/aromatic N) is 1. The summed E-state index contributed by atoms with van der Waals surface area (Å²) < 4.78 is 10.5. The number of urea groups is 1. The Kier molecular flexibility index (Phi) is 5.59. The Balaban J connectivity index is 1.84. The van der Waals surface area contributed by atoms with Crippen LogP contribution in [0.3, 0.4) is 0 Å². The number of aryl methyl sites for hydroxylation is 1. The Morgan fingerprint density at radius 3 is 2.28 bits per heavy atom. The molecular weight excluding hydrogens is 372 g/mol. The number of carbonyl (C=O) groups is 3. The van der Waals surface area contributed by atoms with Gasteiger partial charge in [-0.05, 0) is 36.6 Å². The molecule has 0 saturated carbocycles. The molecule has 3 rings (SSSR count). The number of methoxy groups -OCH3 is 2. The maximum absolute atomic E-state index is 13.1. The van der Waals surface area contributed by atoms with Crippen molar-refractivity contribution >= 4 is 17.7 Å². The Labute approximate surface area is 169 Å². The molecule has 1 aliphatic heterocycles. The van der Waals surface area contributed by atoms with Crippen molar-refractivity contribution in [2.45, 2.75) is 25.8 Å². The minimum Gasteiger partial charge on any atom is -0.493 e. The Hall–Kier alpha value is -3.35. The van der Waals surface area contributed by atoms with E-state index in [0.717, 1.165) is 16.9 Å². The third-order valence-electron chi connectivity index (χ3n) is 5.22. The predicted octanol–water partition coefficient (Wildman–Crippen LogP) is 2.92. The van der Waals surface area contributed by atoms with E-state index in [1.54, 1.807) is 37.3 Å². The van der Waals surface area contributed by atoms with Crippen LogP contribution in [0, 0.1) is 0 Å². The predicted molar refractivity (Wildman–Crippen MR) is 107 cm³/mol. The molecule has 2 aromatic rings. The molecule has 29 heavy (non-hydrogen) atoms. The van der Waals surface area contributed by atoms with Gasteiger partial charge < -0.3 is 14.8 Å². The van der Waals surface area contributed by atoms with Gasteiger partial charge in [-0.2, -0.15) is 0 Å². The Bertz CT molecular complexity index is 954. The molecule has 3 amide bonds. The largest absolute Gasteiger partial charge is 0.493 e. The number of amides is 3. The van der Waals surface area contributed by atoms with Gasteiger partial charge in [-0.25, -0.2) is 4.79 Å². The zero-order valence-electron chi connectivity index (χ0n) is 16.9. The van der Waals surface area contributed by atoms with Gasteiger partial charge in [0.05, 0.1) is 20.8 Å². The van der Waals surface area contributed by atoms with Crippen LogP contribution in [0.4, 0.5) is 4.79 Å². The van der Waals surface area contributed by atoms with E-state index in [-0.39, 0.29) is 12.3 Å². The second-order valence-corrected chi connectivity index (χ2v) is 6.99. The quantitative estimate of drug-likeness (QED) is 0.575. The summed E-state index contributed by atoms with van der Waals surface area (Å²) in [4.78, 5) is 39.1. The second kappa shape index (κ2) is 7.95. The van der Waals surface area contributed by atoms with Crippen LogP contribution in [-0.2, 0) is 16.8 Å². The molecule has 1 heterocycles. The highest BCUT2D eigenvalue weighted by molar-refractivity contribution is 6.11. The molecule has 0 radical (unpaired) electrons. The average Bonchev–Trinajstić information content (AvgIpc) is 2.97. The molecule has 1 atom stereocenters. The summed E-state index contributed by atoms with van der Waals surface area (Å²) in [5, 5.41) is 2.70. The fraction of sp³-hybridized carbons (Fsp3) is 0.318. The van der Waals surface area contributed by atoms with Crippen LogP contribution in [0.1, 0.15) is 35.3 Å². The van der Waals surface area contributed by atoms with Crippen LogP contribution < -0.4 is 14.8 Å². The van der Waals surface area contributed by atoms with Crippen molar-refractivity contribution in [2.75, 3.05) is 20.8 Å². The molecule has 0 aliphatic carbocycles. The third kappa shape index (κ3) is 3.68. The van der Waals surface area contributed by atoms with E-state index in [9.17, 15) is 14.4 Å². The first-order valence-corrected chi connectivity index (χ1v) is 9.32. The van der Waals surface area contributed by atoms with Crippen LogP contribution in [0.25, 0.3) is 0 Å². The summed E-state index contributed by atoms with van der Waals surface area (Å²) in [6.07, 6.45) is 0.866. The van der Waals surface area contributed by atoms with Gasteiger partial charge in [-0.1, -0.05) is 37.3 Å². The van der Waals surface area contributed by atoms with Crippen LogP contribution in [-0.4, -0.2) is 43.4 Å². The molecule has 1 fully saturated rings. The van der Waals surface area contributed by atoms with E-state index in [1.807, 2.05) is 19.1 Å². The summed E-state index contributed by atoms with van der Waals surface area (Å²) in [7, 11) is 3.01. The van der Waals surface area contributed by atoms with Crippen molar-refractivity contribution in [1.29, 1.82) is 0 Å². The average molecular weight is 396 g/mol. The summed E-state index contributed by atoms with van der Waals surface area (Å²) >= 11 is 0. The number of Topliss-reactive ketones (excluding diaryl/α,β-unsaturated/α-hetero) is 1. The van der Waals surface area contributed by atoms with Crippen molar-refractivity contribution in [3.05, 3.63) is 59.2 Å². The lowest BCUT2D eigenvalue weighted by molar-refractivity contribution is -0.130. The Morgan fingerprint density at radius 2 is 1.69 bits per heavy atom. The molecule has 7 nitrogen and oxygen atoms in total. The van der Waals surface area contributed by atoms with Crippen molar-refractivity contribution in [3.8, 4) is 11.5 Å². The minimum atomic E-state index is -1.30. The number of benzene rings is 2. The van der Waals surface area contributed by atoms with Crippen molar-refractivity contribution in [2.24, 2.45) is 0 Å². The van der Waals surface area contributed by atoms with Gasteiger partial charge in [-0.15, -0.1) is 0 Å². The fourth-order valence-electron chi connectivity index (χ4n) is 3.34. The zero-order valence-corrected chi connectivity index (χ0v) is 16.9. The van der Waals surface area contributed by atoms with Gasteiger partial charge >= 0.3 is 6.03 Å². The monoisotopic (exact) mass is 396 g/mol. The smallest absolute Gasteiger partial charge is 0.325 e. The van der Waals surface area contributed by atoms with Gasteiger partial charge in [-0.3, -0.25) is 14.5 Å². The molecule has 2 aromatic carbocycles. The molecule has 1 saturated heterocycles. The third-order valence-corrected chi connectivity index (χ3v) is 5.22. The number of rotatable bonds is 7. The SMILES string of the molecule is CCc1ccc(C(=O)CN2C(=O)N[C@](C)(c3ccc(OC)c(OC)c3)C2=O)cc1. The summed E-state index contributed by atoms with van der Waals surface area (Å²) in [5.41, 5.74) is 0.805. The lowest BCUT2D eigenvalue weighted by Gasteiger charge is -2.23. The first-order valence-electron chi connectivity index (χ1n) is 9.32. The molecule has 1 N–H and O–H groups in total. The first kappa shape index (κ1) is 20.4. The number of hydrogen-bond donors (Lipinski definition) is 1.